The van der Waals surface area contributed by atoms with Gasteiger partial charge in [0.2, 0.25) is 0 Å². The van der Waals surface area contributed by atoms with Crippen LogP contribution in [0.25, 0.3) is 0 Å². The van der Waals surface area contributed by atoms with Crippen molar-refractivity contribution in [3.63, 3.8) is 0 Å². The third-order valence-corrected chi connectivity index (χ3v) is 4.94. The van der Waals surface area contributed by atoms with Crippen LogP contribution in [-0.2, 0) is 11.2 Å². The van der Waals surface area contributed by atoms with Gasteiger partial charge in [-0.15, -0.1) is 11.8 Å². The van der Waals surface area contributed by atoms with Gasteiger partial charge in [0.15, 0.2) is 0 Å². The summed E-state index contributed by atoms with van der Waals surface area (Å²) in [6, 6.07) is 16.6. The Morgan fingerprint density at radius 2 is 1.90 bits per heavy atom. The van der Waals surface area contributed by atoms with E-state index in [1.807, 2.05) is 30.0 Å². The molecule has 1 unspecified atom stereocenters. The van der Waals surface area contributed by atoms with Gasteiger partial charge in [-0.05, 0) is 29.7 Å². The Morgan fingerprint density at radius 1 is 1.10 bits per heavy atom. The highest BCUT2D eigenvalue weighted by Crippen LogP contribution is 2.39. The molecule has 0 saturated carbocycles. The van der Waals surface area contributed by atoms with Gasteiger partial charge in [-0.25, -0.2) is 0 Å². The largest absolute Gasteiger partial charge is 0.399 e. The third-order valence-electron chi connectivity index (χ3n) is 3.69. The summed E-state index contributed by atoms with van der Waals surface area (Å²) >= 11 is 1.93. The first-order valence-corrected chi connectivity index (χ1v) is 7.96. The van der Waals surface area contributed by atoms with Crippen LogP contribution in [0.15, 0.2) is 53.4 Å². The van der Waals surface area contributed by atoms with Crippen LogP contribution in [0.2, 0.25) is 0 Å². The van der Waals surface area contributed by atoms with Crippen LogP contribution in [0.4, 0.5) is 5.69 Å². The molecule has 0 saturated heterocycles. The number of nitrogens with two attached hydrogens (primary N) is 1. The van der Waals surface area contributed by atoms with Crippen LogP contribution in [0.3, 0.4) is 0 Å². The molecule has 0 aliphatic carbocycles. The minimum Gasteiger partial charge on any atom is -0.399 e. The van der Waals surface area contributed by atoms with E-state index in [1.54, 1.807) is 0 Å². The average Bonchev–Trinajstić information content (AvgIpc) is 2.89. The molecule has 0 fully saturated rings. The molecule has 2 N–H and O–H groups in total. The van der Waals surface area contributed by atoms with Crippen LogP contribution in [0.1, 0.15) is 17.0 Å². The normalized spacial score (nSPS) is 17.1. The number of fused-ring (bicyclic) bond motifs is 1. The Bertz CT molecular complexity index is 585. The van der Waals surface area contributed by atoms with Crippen molar-refractivity contribution in [3.8, 4) is 0 Å². The molecule has 1 aliphatic heterocycles. The highest BCUT2D eigenvalue weighted by Gasteiger charge is 2.22. The highest BCUT2D eigenvalue weighted by atomic mass is 32.2. The predicted octanol–water partition coefficient (Wildman–Crippen LogP) is 3.72. The van der Waals surface area contributed by atoms with Crippen molar-refractivity contribution in [1.29, 1.82) is 0 Å². The predicted molar refractivity (Wildman–Crippen MR) is 85.3 cm³/mol. The minimum absolute atomic E-state index is 0.532. The number of benzene rings is 2. The van der Waals surface area contributed by atoms with Crippen molar-refractivity contribution in [2.24, 2.45) is 0 Å². The molecule has 1 atom stereocenters. The van der Waals surface area contributed by atoms with Gasteiger partial charge in [0, 0.05) is 22.3 Å². The first-order chi connectivity index (χ1) is 9.84. The molecular formula is C17H19NOS. The lowest BCUT2D eigenvalue weighted by Gasteiger charge is -2.12. The molecule has 0 bridgehead atoms. The van der Waals surface area contributed by atoms with E-state index in [2.05, 4.69) is 30.3 Å². The second-order valence-corrected chi connectivity index (χ2v) is 6.13. The summed E-state index contributed by atoms with van der Waals surface area (Å²) in [7, 11) is 0. The number of hydrogen-bond acceptors (Lipinski definition) is 3. The van der Waals surface area contributed by atoms with E-state index in [0.29, 0.717) is 5.92 Å². The van der Waals surface area contributed by atoms with Gasteiger partial charge in [-0.1, -0.05) is 36.4 Å². The smallest absolute Gasteiger partial charge is 0.0543 e. The fourth-order valence-electron chi connectivity index (χ4n) is 2.54. The molecule has 2 nitrogen and oxygen atoms in total. The quantitative estimate of drug-likeness (QED) is 0.672. The van der Waals surface area contributed by atoms with Gasteiger partial charge >= 0.3 is 0 Å². The lowest BCUT2D eigenvalue weighted by Crippen LogP contribution is -2.09. The fraction of sp³-hybridized carbons (Fsp3) is 0.294. The SMILES string of the molecule is Nc1ccccc1CCOCC1CSc2ccccc21. The van der Waals surface area contributed by atoms with Crippen molar-refractivity contribution in [3.05, 3.63) is 59.7 Å². The maximum absolute atomic E-state index is 5.93. The van der Waals surface area contributed by atoms with E-state index in [0.717, 1.165) is 31.1 Å². The van der Waals surface area contributed by atoms with Crippen molar-refractivity contribution in [1.82, 2.24) is 0 Å². The first kappa shape index (κ1) is 13.5. The fourth-order valence-corrected chi connectivity index (χ4v) is 3.77. The molecule has 0 amide bonds. The topological polar surface area (TPSA) is 35.2 Å². The third kappa shape index (κ3) is 3.00. The first-order valence-electron chi connectivity index (χ1n) is 6.97. The zero-order valence-corrected chi connectivity index (χ0v) is 12.2. The Balaban J connectivity index is 1.49. The van der Waals surface area contributed by atoms with E-state index in [-0.39, 0.29) is 0 Å². The number of thioether (sulfide) groups is 1. The molecule has 2 aromatic rings. The maximum atomic E-state index is 5.93. The molecule has 0 spiro atoms. The Morgan fingerprint density at radius 3 is 2.80 bits per heavy atom. The Kier molecular flexibility index (Phi) is 4.28. The molecule has 0 aromatic heterocycles. The second kappa shape index (κ2) is 6.33. The summed E-state index contributed by atoms with van der Waals surface area (Å²) in [6.07, 6.45) is 0.883. The van der Waals surface area contributed by atoms with Crippen molar-refractivity contribution in [2.45, 2.75) is 17.2 Å². The number of nitrogen functional groups attached to an aromatic ring is 1. The molecule has 20 heavy (non-hydrogen) atoms. The van der Waals surface area contributed by atoms with E-state index < -0.39 is 0 Å². The maximum Gasteiger partial charge on any atom is 0.0543 e. The number of rotatable bonds is 5. The molecule has 2 aromatic carbocycles. The van der Waals surface area contributed by atoms with Gasteiger partial charge in [-0.3, -0.25) is 0 Å². The van der Waals surface area contributed by atoms with Crippen LogP contribution < -0.4 is 5.73 Å². The van der Waals surface area contributed by atoms with Gasteiger partial charge < -0.3 is 10.5 Å². The molecule has 0 radical (unpaired) electrons. The standard InChI is InChI=1S/C17H19NOS/c18-16-7-3-1-5-13(16)9-10-19-11-14-12-20-17-8-4-2-6-15(14)17/h1-8,14H,9-12,18H2. The van der Waals surface area contributed by atoms with Crippen molar-refractivity contribution < 1.29 is 4.74 Å². The second-order valence-electron chi connectivity index (χ2n) is 5.07. The zero-order valence-electron chi connectivity index (χ0n) is 11.4. The number of para-hydroxylation sites is 1. The summed E-state index contributed by atoms with van der Waals surface area (Å²) in [5.74, 6) is 1.66. The van der Waals surface area contributed by atoms with Crippen molar-refractivity contribution >= 4 is 17.4 Å². The van der Waals surface area contributed by atoms with Crippen LogP contribution in [-0.4, -0.2) is 19.0 Å². The van der Waals surface area contributed by atoms with Gasteiger partial charge in [0.25, 0.3) is 0 Å². The molecule has 1 heterocycles. The van der Waals surface area contributed by atoms with Gasteiger partial charge in [-0.2, -0.15) is 0 Å². The summed E-state index contributed by atoms with van der Waals surface area (Å²) in [5, 5.41) is 0. The lowest BCUT2D eigenvalue weighted by atomic mass is 10.0. The average molecular weight is 285 g/mol. The molecule has 104 valence electrons. The summed E-state index contributed by atoms with van der Waals surface area (Å²) in [5.41, 5.74) is 9.40. The number of ether oxygens (including phenoxy) is 1. The van der Waals surface area contributed by atoms with Crippen LogP contribution >= 0.6 is 11.8 Å². The summed E-state index contributed by atoms with van der Waals surface area (Å²) < 4.78 is 5.86. The van der Waals surface area contributed by atoms with E-state index >= 15 is 0 Å². The van der Waals surface area contributed by atoms with Crippen molar-refractivity contribution in [2.75, 3.05) is 24.7 Å². The molecule has 3 heteroatoms. The van der Waals surface area contributed by atoms with Crippen LogP contribution in [0, 0.1) is 0 Å². The van der Waals surface area contributed by atoms with E-state index in [1.165, 1.54) is 16.0 Å². The number of hydrogen-bond donors (Lipinski definition) is 1. The van der Waals surface area contributed by atoms with E-state index in [9.17, 15) is 0 Å². The van der Waals surface area contributed by atoms with Crippen LogP contribution in [0.5, 0.6) is 0 Å². The Hall–Kier alpha value is -1.45. The monoisotopic (exact) mass is 285 g/mol. The zero-order chi connectivity index (χ0) is 13.8. The minimum atomic E-state index is 0.532. The van der Waals surface area contributed by atoms with E-state index in [4.69, 9.17) is 10.5 Å². The highest BCUT2D eigenvalue weighted by molar-refractivity contribution is 7.99. The number of anilines is 1. The Labute approximate surface area is 124 Å². The molecular weight excluding hydrogens is 266 g/mol. The van der Waals surface area contributed by atoms with Gasteiger partial charge in [0.05, 0.1) is 13.2 Å². The lowest BCUT2D eigenvalue weighted by molar-refractivity contribution is 0.127. The van der Waals surface area contributed by atoms with Gasteiger partial charge in [0.1, 0.15) is 0 Å². The molecule has 1 aliphatic rings. The molecule has 3 rings (SSSR count). The summed E-state index contributed by atoms with van der Waals surface area (Å²) in [6.45, 7) is 1.54. The summed E-state index contributed by atoms with van der Waals surface area (Å²) in [4.78, 5) is 1.41.